The molecule has 0 N–H and O–H groups in total. The first kappa shape index (κ1) is 16.7. The molecule has 0 spiro atoms. The van der Waals surface area contributed by atoms with Gasteiger partial charge in [-0.25, -0.2) is 13.4 Å². The summed E-state index contributed by atoms with van der Waals surface area (Å²) in [5.74, 6) is 0.733. The lowest BCUT2D eigenvalue weighted by Crippen LogP contribution is -2.50. The molecule has 1 aliphatic heterocycles. The first-order chi connectivity index (χ1) is 11.4. The van der Waals surface area contributed by atoms with E-state index in [0.717, 1.165) is 17.6 Å². The summed E-state index contributed by atoms with van der Waals surface area (Å²) in [6.07, 6.45) is 8.64. The van der Waals surface area contributed by atoms with Crippen molar-refractivity contribution in [1.82, 2.24) is 9.55 Å². The quantitative estimate of drug-likeness (QED) is 0.780. The van der Waals surface area contributed by atoms with Crippen LogP contribution in [-0.2, 0) is 14.7 Å². The summed E-state index contributed by atoms with van der Waals surface area (Å²) in [5.41, 5.74) is 1.47. The van der Waals surface area contributed by atoms with Crippen molar-refractivity contribution >= 4 is 27.7 Å². The molecule has 126 valence electrons. The van der Waals surface area contributed by atoms with Crippen molar-refractivity contribution in [2.45, 2.75) is 10.2 Å². The zero-order valence-corrected chi connectivity index (χ0v) is 14.7. The van der Waals surface area contributed by atoms with E-state index in [1.165, 1.54) is 23.3 Å². The SMILES string of the molecule is COc1ccc(-c2cn(C3(S(C)(=O)=O)C=NC=CC3Cl)cn2)cc1. The van der Waals surface area contributed by atoms with Gasteiger partial charge in [-0.05, 0) is 30.3 Å². The highest BCUT2D eigenvalue weighted by Gasteiger charge is 2.48. The highest BCUT2D eigenvalue weighted by atomic mass is 35.5. The van der Waals surface area contributed by atoms with Gasteiger partial charge in [0.2, 0.25) is 4.87 Å². The largest absolute Gasteiger partial charge is 0.497 e. The molecule has 6 nitrogen and oxygen atoms in total. The number of nitrogens with zero attached hydrogens (tertiary/aromatic N) is 3. The number of rotatable bonds is 4. The third kappa shape index (κ3) is 2.63. The number of halogens is 1. The topological polar surface area (TPSA) is 73.5 Å². The predicted octanol–water partition coefficient (Wildman–Crippen LogP) is 2.46. The molecule has 0 fully saturated rings. The van der Waals surface area contributed by atoms with E-state index < -0.39 is 20.1 Å². The van der Waals surface area contributed by atoms with Crippen LogP contribution < -0.4 is 4.74 Å². The summed E-state index contributed by atoms with van der Waals surface area (Å²) < 4.78 is 31.6. The van der Waals surface area contributed by atoms with Crippen molar-refractivity contribution in [3.8, 4) is 17.0 Å². The fourth-order valence-electron chi connectivity index (χ4n) is 2.61. The van der Waals surface area contributed by atoms with Gasteiger partial charge >= 0.3 is 0 Å². The normalized spacial score (nSPS) is 23.4. The Labute approximate surface area is 145 Å². The molecule has 2 heterocycles. The molecule has 0 amide bonds. The van der Waals surface area contributed by atoms with Gasteiger partial charge in [-0.2, -0.15) is 0 Å². The van der Waals surface area contributed by atoms with Crippen molar-refractivity contribution in [1.29, 1.82) is 0 Å². The second-order valence-corrected chi connectivity index (χ2v) is 8.11. The van der Waals surface area contributed by atoms with E-state index in [4.69, 9.17) is 16.3 Å². The van der Waals surface area contributed by atoms with Gasteiger partial charge in [-0.3, -0.25) is 4.99 Å². The van der Waals surface area contributed by atoms with Crippen LogP contribution in [0.25, 0.3) is 11.3 Å². The third-order valence-corrected chi connectivity index (χ3v) is 6.33. The maximum Gasteiger partial charge on any atom is 0.202 e. The van der Waals surface area contributed by atoms with E-state index in [1.807, 2.05) is 24.3 Å². The minimum atomic E-state index is -3.60. The van der Waals surface area contributed by atoms with Gasteiger partial charge < -0.3 is 9.30 Å². The van der Waals surface area contributed by atoms with E-state index in [9.17, 15) is 8.42 Å². The molecular formula is C16H16ClN3O3S. The lowest BCUT2D eigenvalue weighted by Gasteiger charge is -2.33. The Morgan fingerprint density at radius 1 is 1.29 bits per heavy atom. The average molecular weight is 366 g/mol. The Morgan fingerprint density at radius 2 is 2.00 bits per heavy atom. The van der Waals surface area contributed by atoms with Crippen molar-refractivity contribution in [2.24, 2.45) is 4.99 Å². The number of sulfone groups is 1. The van der Waals surface area contributed by atoms with Crippen LogP contribution in [0.15, 0.2) is 54.1 Å². The Kier molecular flexibility index (Phi) is 4.23. The van der Waals surface area contributed by atoms with Crippen molar-refractivity contribution in [3.05, 3.63) is 49.1 Å². The van der Waals surface area contributed by atoms with Crippen LogP contribution in [0.4, 0.5) is 0 Å². The maximum atomic E-state index is 12.5. The highest BCUT2D eigenvalue weighted by Crippen LogP contribution is 2.34. The molecule has 3 rings (SSSR count). The number of aliphatic imine (C=N–C) groups is 1. The van der Waals surface area contributed by atoms with Crippen LogP contribution >= 0.6 is 11.6 Å². The van der Waals surface area contributed by atoms with Gasteiger partial charge in [0.05, 0.1) is 24.5 Å². The number of imidazole rings is 1. The standard InChI is InChI=1S/C16H16ClN3O3S/c1-23-13-5-3-12(4-6-13)14-9-20(11-19-14)16(24(2,21)22)10-18-8-7-15(16)17/h3-11,15H,1-2H3. The fraction of sp³-hybridized carbons (Fsp3) is 0.250. The molecule has 0 saturated heterocycles. The van der Waals surface area contributed by atoms with Gasteiger partial charge in [0.15, 0.2) is 9.84 Å². The fourth-order valence-corrected chi connectivity index (χ4v) is 4.55. The zero-order chi connectivity index (χ0) is 17.4. The van der Waals surface area contributed by atoms with Crippen LogP contribution in [-0.4, -0.2) is 42.9 Å². The first-order valence-electron chi connectivity index (χ1n) is 7.12. The maximum absolute atomic E-state index is 12.5. The lowest BCUT2D eigenvalue weighted by molar-refractivity contribution is 0.415. The minimum absolute atomic E-state index is 0.632. The number of ether oxygens (including phenoxy) is 1. The van der Waals surface area contributed by atoms with E-state index in [-0.39, 0.29) is 0 Å². The highest BCUT2D eigenvalue weighted by molar-refractivity contribution is 7.92. The predicted molar refractivity (Wildman–Crippen MR) is 94.3 cm³/mol. The molecule has 24 heavy (non-hydrogen) atoms. The average Bonchev–Trinajstić information content (AvgIpc) is 3.04. The monoisotopic (exact) mass is 365 g/mol. The van der Waals surface area contributed by atoms with Gasteiger partial charge in [-0.15, -0.1) is 11.6 Å². The Bertz CT molecular complexity index is 903. The number of methoxy groups -OCH3 is 1. The van der Waals surface area contributed by atoms with Gasteiger partial charge in [0, 0.05) is 30.4 Å². The number of aromatic nitrogens is 2. The number of allylic oxidation sites excluding steroid dienone is 1. The summed E-state index contributed by atoms with van der Waals surface area (Å²) in [7, 11) is -2.01. The second-order valence-electron chi connectivity index (χ2n) is 5.44. The molecule has 2 atom stereocenters. The molecule has 0 aliphatic carbocycles. The summed E-state index contributed by atoms with van der Waals surface area (Å²) >= 11 is 6.33. The Hall–Kier alpha value is -2.12. The molecule has 0 bridgehead atoms. The van der Waals surface area contributed by atoms with Crippen LogP contribution in [0.5, 0.6) is 5.75 Å². The van der Waals surface area contributed by atoms with Gasteiger partial charge in [0.1, 0.15) is 5.75 Å². The number of hydrogen-bond donors (Lipinski definition) is 0. The molecule has 2 aromatic rings. The Balaban J connectivity index is 2.07. The van der Waals surface area contributed by atoms with Crippen LogP contribution in [0.2, 0.25) is 0 Å². The number of hydrogen-bond acceptors (Lipinski definition) is 5. The molecule has 2 unspecified atom stereocenters. The van der Waals surface area contributed by atoms with Gasteiger partial charge in [0.25, 0.3) is 0 Å². The van der Waals surface area contributed by atoms with Crippen molar-refractivity contribution in [3.63, 3.8) is 0 Å². The zero-order valence-electron chi connectivity index (χ0n) is 13.1. The van der Waals surface area contributed by atoms with Crippen LogP contribution in [0, 0.1) is 0 Å². The number of benzene rings is 1. The summed E-state index contributed by atoms with van der Waals surface area (Å²) in [5, 5.41) is -0.789. The van der Waals surface area contributed by atoms with Crippen molar-refractivity contribution in [2.75, 3.05) is 13.4 Å². The summed E-state index contributed by atoms with van der Waals surface area (Å²) in [4.78, 5) is 6.82. The van der Waals surface area contributed by atoms with E-state index in [0.29, 0.717) is 5.69 Å². The first-order valence-corrected chi connectivity index (χ1v) is 9.45. The Morgan fingerprint density at radius 3 is 2.58 bits per heavy atom. The molecule has 0 radical (unpaired) electrons. The van der Waals surface area contributed by atoms with Crippen molar-refractivity contribution < 1.29 is 13.2 Å². The summed E-state index contributed by atoms with van der Waals surface area (Å²) in [6.45, 7) is 0. The van der Waals surface area contributed by atoms with Gasteiger partial charge in [-0.1, -0.05) is 0 Å². The van der Waals surface area contributed by atoms with Crippen LogP contribution in [0.3, 0.4) is 0 Å². The molecular weight excluding hydrogens is 350 g/mol. The van der Waals surface area contributed by atoms with Crippen LogP contribution in [0.1, 0.15) is 0 Å². The summed E-state index contributed by atoms with van der Waals surface area (Å²) in [6, 6.07) is 7.34. The molecule has 1 aromatic carbocycles. The minimum Gasteiger partial charge on any atom is -0.497 e. The molecule has 8 heteroatoms. The molecule has 1 aromatic heterocycles. The smallest absolute Gasteiger partial charge is 0.202 e. The van der Waals surface area contributed by atoms with E-state index >= 15 is 0 Å². The number of alkyl halides is 1. The molecule has 1 aliphatic rings. The van der Waals surface area contributed by atoms with E-state index in [1.54, 1.807) is 19.4 Å². The van der Waals surface area contributed by atoms with E-state index in [2.05, 4.69) is 9.98 Å². The molecule has 0 saturated carbocycles. The lowest BCUT2D eigenvalue weighted by atomic mass is 10.1. The second kappa shape index (κ2) is 6.07. The third-order valence-electron chi connectivity index (χ3n) is 3.96.